The lowest BCUT2D eigenvalue weighted by Gasteiger charge is -2.15. The van der Waals surface area contributed by atoms with E-state index in [1.165, 1.54) is 11.6 Å². The second-order valence-electron chi connectivity index (χ2n) is 4.15. The zero-order valence-electron chi connectivity index (χ0n) is 9.79. The standard InChI is InChI=1S/C12H11N3O2S/c1-8(16)6-14-12(17)15-9-4-2-3-5-10(9)18-7-11(15)13-14/h2-5H,6-7H2,1H3. The van der Waals surface area contributed by atoms with Crippen LogP contribution in [0.25, 0.3) is 5.69 Å². The van der Waals surface area contributed by atoms with Crippen LogP contribution < -0.4 is 5.69 Å². The normalized spacial score (nSPS) is 12.9. The number of benzene rings is 1. The number of thioether (sulfide) groups is 1. The molecule has 0 saturated carbocycles. The predicted octanol–water partition coefficient (Wildman–Crippen LogP) is 1.23. The first kappa shape index (κ1) is 11.3. The van der Waals surface area contributed by atoms with Gasteiger partial charge in [-0.2, -0.15) is 5.10 Å². The highest BCUT2D eigenvalue weighted by molar-refractivity contribution is 7.98. The highest BCUT2D eigenvalue weighted by atomic mass is 32.2. The molecular weight excluding hydrogens is 250 g/mol. The minimum absolute atomic E-state index is 0.0334. The molecule has 1 aromatic carbocycles. The number of fused-ring (bicyclic) bond motifs is 3. The first-order chi connectivity index (χ1) is 8.66. The van der Waals surface area contributed by atoms with Crippen LogP contribution in [0.4, 0.5) is 0 Å². The Bertz CT molecular complexity index is 687. The first-order valence-electron chi connectivity index (χ1n) is 5.57. The lowest BCUT2D eigenvalue weighted by molar-refractivity contribution is -0.117. The van der Waals surface area contributed by atoms with E-state index in [0.29, 0.717) is 11.6 Å². The van der Waals surface area contributed by atoms with E-state index in [0.717, 1.165) is 10.6 Å². The third kappa shape index (κ3) is 1.69. The second-order valence-corrected chi connectivity index (χ2v) is 5.17. The van der Waals surface area contributed by atoms with Crippen molar-refractivity contribution in [2.45, 2.75) is 24.1 Å². The van der Waals surface area contributed by atoms with Gasteiger partial charge in [0.25, 0.3) is 0 Å². The minimum atomic E-state index is -0.243. The maximum Gasteiger partial charge on any atom is 0.351 e. The molecule has 92 valence electrons. The number of hydrogen-bond donors (Lipinski definition) is 0. The summed E-state index contributed by atoms with van der Waals surface area (Å²) in [4.78, 5) is 24.4. The van der Waals surface area contributed by atoms with Crippen LogP contribution in [0.5, 0.6) is 0 Å². The Morgan fingerprint density at radius 2 is 2.22 bits per heavy atom. The SMILES string of the molecule is CC(=O)Cn1nc2n(c1=O)-c1ccccc1SC2. The fraction of sp³-hybridized carbons (Fsp3) is 0.250. The number of aromatic nitrogens is 3. The molecule has 1 aromatic heterocycles. The number of para-hydroxylation sites is 1. The van der Waals surface area contributed by atoms with E-state index < -0.39 is 0 Å². The molecule has 2 aromatic rings. The summed E-state index contributed by atoms with van der Waals surface area (Å²) in [6.07, 6.45) is 0. The molecule has 1 aliphatic heterocycles. The molecule has 18 heavy (non-hydrogen) atoms. The molecular formula is C12H11N3O2S. The van der Waals surface area contributed by atoms with Crippen LogP contribution in [0.1, 0.15) is 12.7 Å². The minimum Gasteiger partial charge on any atom is -0.298 e. The van der Waals surface area contributed by atoms with Gasteiger partial charge in [0.15, 0.2) is 5.78 Å². The molecule has 0 radical (unpaired) electrons. The average Bonchev–Trinajstić information content (AvgIpc) is 2.66. The summed E-state index contributed by atoms with van der Waals surface area (Å²) in [5.74, 6) is 1.27. The summed E-state index contributed by atoms with van der Waals surface area (Å²) in [7, 11) is 0. The third-order valence-corrected chi connectivity index (χ3v) is 3.80. The Balaban J connectivity index is 2.19. The lowest BCUT2D eigenvalue weighted by atomic mass is 10.3. The van der Waals surface area contributed by atoms with Crippen molar-refractivity contribution in [1.29, 1.82) is 0 Å². The maximum atomic E-state index is 12.2. The van der Waals surface area contributed by atoms with Gasteiger partial charge in [0.2, 0.25) is 0 Å². The molecule has 0 bridgehead atoms. The van der Waals surface area contributed by atoms with Crippen molar-refractivity contribution in [3.8, 4) is 5.69 Å². The van der Waals surface area contributed by atoms with Gasteiger partial charge >= 0.3 is 5.69 Å². The van der Waals surface area contributed by atoms with Crippen molar-refractivity contribution in [2.75, 3.05) is 0 Å². The number of Topliss-reactive ketones (excluding diaryl/α,β-unsaturated/α-hetero) is 1. The predicted molar refractivity (Wildman–Crippen MR) is 68.1 cm³/mol. The van der Waals surface area contributed by atoms with Crippen molar-refractivity contribution in [1.82, 2.24) is 14.3 Å². The zero-order chi connectivity index (χ0) is 12.7. The third-order valence-electron chi connectivity index (χ3n) is 2.74. The number of nitrogens with zero attached hydrogens (tertiary/aromatic N) is 3. The van der Waals surface area contributed by atoms with E-state index in [-0.39, 0.29) is 18.0 Å². The van der Waals surface area contributed by atoms with Crippen LogP contribution >= 0.6 is 11.8 Å². The van der Waals surface area contributed by atoms with E-state index in [1.807, 2.05) is 24.3 Å². The number of hydrogen-bond acceptors (Lipinski definition) is 4. The van der Waals surface area contributed by atoms with E-state index in [4.69, 9.17) is 0 Å². The van der Waals surface area contributed by atoms with Gasteiger partial charge in [0.05, 0.1) is 11.4 Å². The smallest absolute Gasteiger partial charge is 0.298 e. The number of rotatable bonds is 2. The van der Waals surface area contributed by atoms with Crippen LogP contribution in [-0.2, 0) is 17.1 Å². The average molecular weight is 261 g/mol. The van der Waals surface area contributed by atoms with E-state index in [1.54, 1.807) is 16.3 Å². The van der Waals surface area contributed by atoms with Crippen LogP contribution in [0.3, 0.4) is 0 Å². The van der Waals surface area contributed by atoms with Gasteiger partial charge in [-0.25, -0.2) is 14.0 Å². The van der Waals surface area contributed by atoms with Crippen molar-refractivity contribution in [3.63, 3.8) is 0 Å². The number of carbonyl (C=O) groups is 1. The fourth-order valence-corrected chi connectivity index (χ4v) is 2.96. The van der Waals surface area contributed by atoms with Gasteiger partial charge in [-0.15, -0.1) is 11.8 Å². The molecule has 0 amide bonds. The zero-order valence-corrected chi connectivity index (χ0v) is 10.6. The van der Waals surface area contributed by atoms with Crippen molar-refractivity contribution < 1.29 is 4.79 Å². The first-order valence-corrected chi connectivity index (χ1v) is 6.56. The molecule has 5 nitrogen and oxygen atoms in total. The molecule has 1 aliphatic rings. The molecule has 0 unspecified atom stereocenters. The summed E-state index contributed by atoms with van der Waals surface area (Å²) >= 11 is 1.65. The second kappa shape index (κ2) is 4.13. The Hall–Kier alpha value is -1.82. The summed E-state index contributed by atoms with van der Waals surface area (Å²) in [5.41, 5.74) is 0.608. The molecule has 2 heterocycles. The van der Waals surface area contributed by atoms with E-state index >= 15 is 0 Å². The van der Waals surface area contributed by atoms with Gasteiger partial charge in [0, 0.05) is 4.90 Å². The molecule has 0 aliphatic carbocycles. The molecule has 0 atom stereocenters. The molecule has 3 rings (SSSR count). The number of ketones is 1. The molecule has 0 saturated heterocycles. The maximum absolute atomic E-state index is 12.2. The van der Waals surface area contributed by atoms with E-state index in [2.05, 4.69) is 5.10 Å². The fourth-order valence-electron chi connectivity index (χ4n) is 2.01. The lowest BCUT2D eigenvalue weighted by Crippen LogP contribution is -2.27. The number of carbonyl (C=O) groups excluding carboxylic acids is 1. The van der Waals surface area contributed by atoms with Crippen molar-refractivity contribution in [3.05, 3.63) is 40.6 Å². The molecule has 0 spiro atoms. The molecule has 0 N–H and O–H groups in total. The quantitative estimate of drug-likeness (QED) is 0.816. The Labute approximate surface area is 107 Å². The van der Waals surface area contributed by atoms with E-state index in [9.17, 15) is 9.59 Å². The monoisotopic (exact) mass is 261 g/mol. The van der Waals surface area contributed by atoms with Gasteiger partial charge in [0.1, 0.15) is 12.4 Å². The largest absolute Gasteiger partial charge is 0.351 e. The van der Waals surface area contributed by atoms with Crippen LogP contribution in [-0.4, -0.2) is 20.1 Å². The van der Waals surface area contributed by atoms with Crippen LogP contribution in [0.15, 0.2) is 34.0 Å². The highest BCUT2D eigenvalue weighted by Crippen LogP contribution is 2.32. The topological polar surface area (TPSA) is 56.9 Å². The van der Waals surface area contributed by atoms with Gasteiger partial charge in [-0.3, -0.25) is 4.79 Å². The van der Waals surface area contributed by atoms with Gasteiger partial charge in [-0.1, -0.05) is 12.1 Å². The highest BCUT2D eigenvalue weighted by Gasteiger charge is 2.22. The Morgan fingerprint density at radius 3 is 3.00 bits per heavy atom. The molecule has 0 fully saturated rings. The van der Waals surface area contributed by atoms with Crippen LogP contribution in [0, 0.1) is 0 Å². The van der Waals surface area contributed by atoms with Crippen LogP contribution in [0.2, 0.25) is 0 Å². The Morgan fingerprint density at radius 1 is 1.44 bits per heavy atom. The van der Waals surface area contributed by atoms with Gasteiger partial charge in [-0.05, 0) is 19.1 Å². The summed E-state index contributed by atoms with van der Waals surface area (Å²) in [6.45, 7) is 1.49. The van der Waals surface area contributed by atoms with Crippen molar-refractivity contribution in [2.24, 2.45) is 0 Å². The summed E-state index contributed by atoms with van der Waals surface area (Å²) in [6, 6.07) is 7.72. The molecule has 6 heteroatoms. The summed E-state index contributed by atoms with van der Waals surface area (Å²) in [5, 5.41) is 4.21. The summed E-state index contributed by atoms with van der Waals surface area (Å²) < 4.78 is 2.83. The van der Waals surface area contributed by atoms with Gasteiger partial charge < -0.3 is 0 Å². The Kier molecular flexibility index (Phi) is 2.59. The van der Waals surface area contributed by atoms with Crippen molar-refractivity contribution >= 4 is 17.5 Å².